The van der Waals surface area contributed by atoms with Gasteiger partial charge in [0.05, 0.1) is 6.54 Å². The molecule has 0 bridgehead atoms. The number of anilines is 1. The first-order valence-corrected chi connectivity index (χ1v) is 7.44. The van der Waals surface area contributed by atoms with Gasteiger partial charge in [-0.25, -0.2) is 0 Å². The molecule has 0 atom stereocenters. The van der Waals surface area contributed by atoms with Crippen molar-refractivity contribution in [2.45, 2.75) is 39.3 Å². The van der Waals surface area contributed by atoms with Crippen LogP contribution in [0.25, 0.3) is 0 Å². The van der Waals surface area contributed by atoms with Crippen molar-refractivity contribution >= 4 is 21.6 Å². The zero-order valence-corrected chi connectivity index (χ0v) is 12.6. The summed E-state index contributed by atoms with van der Waals surface area (Å²) in [6.45, 7) is 3.86. The van der Waals surface area contributed by atoms with Gasteiger partial charge in [0.1, 0.15) is 5.82 Å². The molecule has 2 heterocycles. The summed E-state index contributed by atoms with van der Waals surface area (Å²) >= 11 is 3.55. The number of hydrogen-bond donors (Lipinski definition) is 1. The second-order valence-electron chi connectivity index (χ2n) is 4.96. The van der Waals surface area contributed by atoms with E-state index in [1.54, 1.807) is 0 Å². The van der Waals surface area contributed by atoms with E-state index in [1.165, 1.54) is 18.4 Å². The molecule has 0 unspecified atom stereocenters. The van der Waals surface area contributed by atoms with E-state index in [0.717, 1.165) is 41.3 Å². The number of benzene rings is 1. The standard InChI is InChI=1S/C14H17BrN4/c1-10-5-6-11(8-12(10)15)16-9-14-18-17-13-4-2-3-7-19(13)14/h5-6,8,16H,2-4,7,9H2,1H3. The van der Waals surface area contributed by atoms with Crippen LogP contribution >= 0.6 is 15.9 Å². The molecule has 0 spiro atoms. The predicted octanol–water partition coefficient (Wildman–Crippen LogP) is 3.30. The van der Waals surface area contributed by atoms with Gasteiger partial charge in [-0.05, 0) is 37.5 Å². The molecule has 19 heavy (non-hydrogen) atoms. The Labute approximate surface area is 121 Å². The molecule has 100 valence electrons. The fraction of sp³-hybridized carbons (Fsp3) is 0.429. The number of nitrogens with one attached hydrogen (secondary N) is 1. The summed E-state index contributed by atoms with van der Waals surface area (Å²) in [5.41, 5.74) is 2.34. The summed E-state index contributed by atoms with van der Waals surface area (Å²) in [7, 11) is 0. The van der Waals surface area contributed by atoms with Crippen LogP contribution in [0.15, 0.2) is 22.7 Å². The van der Waals surface area contributed by atoms with Crippen molar-refractivity contribution in [3.63, 3.8) is 0 Å². The van der Waals surface area contributed by atoms with Crippen LogP contribution in [0, 0.1) is 6.92 Å². The molecule has 0 aliphatic carbocycles. The second kappa shape index (κ2) is 5.33. The van der Waals surface area contributed by atoms with Gasteiger partial charge < -0.3 is 9.88 Å². The number of rotatable bonds is 3. The third-order valence-electron chi connectivity index (χ3n) is 3.56. The Morgan fingerprint density at radius 2 is 2.21 bits per heavy atom. The van der Waals surface area contributed by atoms with Crippen LogP contribution in [0.5, 0.6) is 0 Å². The van der Waals surface area contributed by atoms with E-state index in [1.807, 2.05) is 0 Å². The predicted molar refractivity (Wildman–Crippen MR) is 79.2 cm³/mol. The van der Waals surface area contributed by atoms with Gasteiger partial charge in [-0.2, -0.15) is 0 Å². The van der Waals surface area contributed by atoms with Crippen molar-refractivity contribution in [3.8, 4) is 0 Å². The average Bonchev–Trinajstić information content (AvgIpc) is 2.83. The average molecular weight is 321 g/mol. The third kappa shape index (κ3) is 2.66. The minimum absolute atomic E-state index is 0.725. The zero-order valence-electron chi connectivity index (χ0n) is 11.0. The fourth-order valence-electron chi connectivity index (χ4n) is 2.38. The van der Waals surface area contributed by atoms with Crippen LogP contribution in [-0.2, 0) is 19.5 Å². The zero-order chi connectivity index (χ0) is 13.2. The molecular weight excluding hydrogens is 304 g/mol. The topological polar surface area (TPSA) is 42.7 Å². The lowest BCUT2D eigenvalue weighted by Gasteiger charge is -2.15. The molecule has 1 aromatic carbocycles. The third-order valence-corrected chi connectivity index (χ3v) is 4.41. The Bertz CT molecular complexity index is 591. The van der Waals surface area contributed by atoms with Gasteiger partial charge in [0.2, 0.25) is 0 Å². The van der Waals surface area contributed by atoms with Crippen molar-refractivity contribution in [2.24, 2.45) is 0 Å². The molecular formula is C14H17BrN4. The molecule has 1 N–H and O–H groups in total. The lowest BCUT2D eigenvalue weighted by Crippen LogP contribution is -2.15. The lowest BCUT2D eigenvalue weighted by atomic mass is 10.1. The summed E-state index contributed by atoms with van der Waals surface area (Å²) in [6, 6.07) is 6.29. The van der Waals surface area contributed by atoms with Crippen LogP contribution in [0.3, 0.4) is 0 Å². The molecule has 4 nitrogen and oxygen atoms in total. The Morgan fingerprint density at radius 3 is 3.05 bits per heavy atom. The molecule has 0 saturated carbocycles. The van der Waals surface area contributed by atoms with Crippen molar-refractivity contribution in [1.29, 1.82) is 0 Å². The highest BCUT2D eigenvalue weighted by Crippen LogP contribution is 2.21. The smallest absolute Gasteiger partial charge is 0.152 e. The number of fused-ring (bicyclic) bond motifs is 1. The van der Waals surface area contributed by atoms with Crippen LogP contribution < -0.4 is 5.32 Å². The largest absolute Gasteiger partial charge is 0.378 e. The minimum Gasteiger partial charge on any atom is -0.378 e. The van der Waals surface area contributed by atoms with Gasteiger partial charge in [-0.3, -0.25) is 0 Å². The number of nitrogens with zero attached hydrogens (tertiary/aromatic N) is 3. The minimum atomic E-state index is 0.725. The Balaban J connectivity index is 1.72. The van der Waals surface area contributed by atoms with Crippen molar-refractivity contribution in [1.82, 2.24) is 14.8 Å². The van der Waals surface area contributed by atoms with Crippen molar-refractivity contribution in [3.05, 3.63) is 39.9 Å². The molecule has 1 aliphatic rings. The molecule has 0 radical (unpaired) electrons. The SMILES string of the molecule is Cc1ccc(NCc2nnc3n2CCCC3)cc1Br. The molecule has 1 aliphatic heterocycles. The normalized spacial score (nSPS) is 14.2. The molecule has 0 saturated heterocycles. The van der Waals surface area contributed by atoms with Crippen LogP contribution in [0.1, 0.15) is 30.1 Å². The summed E-state index contributed by atoms with van der Waals surface area (Å²) in [5.74, 6) is 2.17. The summed E-state index contributed by atoms with van der Waals surface area (Å²) in [6.07, 6.45) is 3.52. The fourth-order valence-corrected chi connectivity index (χ4v) is 2.76. The highest BCUT2D eigenvalue weighted by Gasteiger charge is 2.15. The number of aryl methyl sites for hydroxylation is 2. The van der Waals surface area contributed by atoms with E-state index in [9.17, 15) is 0 Å². The molecule has 3 rings (SSSR count). The Hall–Kier alpha value is -1.36. The maximum absolute atomic E-state index is 4.29. The quantitative estimate of drug-likeness (QED) is 0.943. The van der Waals surface area contributed by atoms with Gasteiger partial charge in [0.25, 0.3) is 0 Å². The first kappa shape index (κ1) is 12.7. The molecule has 0 fully saturated rings. The second-order valence-corrected chi connectivity index (χ2v) is 5.81. The van der Waals surface area contributed by atoms with E-state index in [2.05, 4.69) is 61.1 Å². The number of halogens is 1. The summed E-state index contributed by atoms with van der Waals surface area (Å²) in [5, 5.41) is 12.0. The van der Waals surface area contributed by atoms with Gasteiger partial charge in [-0.1, -0.05) is 22.0 Å². The molecule has 1 aromatic heterocycles. The van der Waals surface area contributed by atoms with Gasteiger partial charge >= 0.3 is 0 Å². The molecule has 0 amide bonds. The van der Waals surface area contributed by atoms with Crippen LogP contribution in [0.4, 0.5) is 5.69 Å². The maximum Gasteiger partial charge on any atom is 0.152 e. The first-order chi connectivity index (χ1) is 9.24. The lowest BCUT2D eigenvalue weighted by molar-refractivity contribution is 0.510. The maximum atomic E-state index is 4.29. The Kier molecular flexibility index (Phi) is 3.55. The van der Waals surface area contributed by atoms with Crippen molar-refractivity contribution < 1.29 is 0 Å². The van der Waals surface area contributed by atoms with E-state index in [0.29, 0.717) is 0 Å². The van der Waals surface area contributed by atoms with Crippen molar-refractivity contribution in [2.75, 3.05) is 5.32 Å². The highest BCUT2D eigenvalue weighted by molar-refractivity contribution is 9.10. The molecule has 2 aromatic rings. The van der Waals surface area contributed by atoms with Crippen LogP contribution in [0.2, 0.25) is 0 Å². The summed E-state index contributed by atoms with van der Waals surface area (Å²) in [4.78, 5) is 0. The molecule has 5 heteroatoms. The highest BCUT2D eigenvalue weighted by atomic mass is 79.9. The number of aromatic nitrogens is 3. The first-order valence-electron chi connectivity index (χ1n) is 6.65. The summed E-state index contributed by atoms with van der Waals surface area (Å²) < 4.78 is 3.38. The van der Waals surface area contributed by atoms with E-state index >= 15 is 0 Å². The van der Waals surface area contributed by atoms with E-state index < -0.39 is 0 Å². The van der Waals surface area contributed by atoms with E-state index in [-0.39, 0.29) is 0 Å². The monoisotopic (exact) mass is 320 g/mol. The van der Waals surface area contributed by atoms with Gasteiger partial charge in [-0.15, -0.1) is 10.2 Å². The van der Waals surface area contributed by atoms with E-state index in [4.69, 9.17) is 0 Å². The van der Waals surface area contributed by atoms with Gasteiger partial charge in [0, 0.05) is 23.1 Å². The van der Waals surface area contributed by atoms with Crippen LogP contribution in [-0.4, -0.2) is 14.8 Å². The number of hydrogen-bond acceptors (Lipinski definition) is 3. The van der Waals surface area contributed by atoms with Gasteiger partial charge in [0.15, 0.2) is 5.82 Å². The Morgan fingerprint density at radius 1 is 1.32 bits per heavy atom.